The van der Waals surface area contributed by atoms with E-state index in [9.17, 15) is 4.79 Å². The van der Waals surface area contributed by atoms with E-state index in [4.69, 9.17) is 9.47 Å². The van der Waals surface area contributed by atoms with Crippen LogP contribution in [0.25, 0.3) is 0 Å². The lowest BCUT2D eigenvalue weighted by molar-refractivity contribution is -0.144. The lowest BCUT2D eigenvalue weighted by Crippen LogP contribution is -2.59. The first-order valence-electron chi connectivity index (χ1n) is 8.44. The van der Waals surface area contributed by atoms with Gasteiger partial charge in [0, 0.05) is 53.0 Å². The Hall–Kier alpha value is -1.48. The van der Waals surface area contributed by atoms with Gasteiger partial charge >= 0.3 is 0 Å². The van der Waals surface area contributed by atoms with Crippen molar-refractivity contribution < 1.29 is 14.3 Å². The summed E-state index contributed by atoms with van der Waals surface area (Å²) in [6.07, 6.45) is 1.96. The van der Waals surface area contributed by atoms with E-state index in [0.717, 1.165) is 31.9 Å². The van der Waals surface area contributed by atoms with Crippen LogP contribution in [0.1, 0.15) is 5.69 Å². The molecule has 3 rings (SSSR count). The molecule has 1 aromatic rings. The molecule has 8 nitrogen and oxygen atoms in total. The molecule has 0 aromatic carbocycles. The number of hydrogen-bond acceptors (Lipinski definition) is 6. The highest BCUT2D eigenvalue weighted by molar-refractivity contribution is 5.77. The molecule has 1 N–H and O–H groups in total. The summed E-state index contributed by atoms with van der Waals surface area (Å²) >= 11 is 0. The molecule has 2 fully saturated rings. The number of aryl methyl sites for hydroxylation is 1. The monoisotopic (exact) mass is 337 g/mol. The van der Waals surface area contributed by atoms with Crippen LogP contribution in [0.4, 0.5) is 0 Å². The van der Waals surface area contributed by atoms with Gasteiger partial charge in [-0.25, -0.2) is 0 Å². The van der Waals surface area contributed by atoms with Crippen LogP contribution in [0.2, 0.25) is 0 Å². The van der Waals surface area contributed by atoms with E-state index in [1.165, 1.54) is 0 Å². The van der Waals surface area contributed by atoms with E-state index >= 15 is 0 Å². The fourth-order valence-corrected chi connectivity index (χ4v) is 3.42. The van der Waals surface area contributed by atoms with Crippen molar-refractivity contribution in [2.75, 3.05) is 59.6 Å². The minimum absolute atomic E-state index is 0.0215. The summed E-state index contributed by atoms with van der Waals surface area (Å²) in [5.41, 5.74) is 0.684. The second-order valence-corrected chi connectivity index (χ2v) is 6.66. The topological polar surface area (TPSA) is 71.9 Å². The third-order valence-corrected chi connectivity index (χ3v) is 4.56. The fraction of sp³-hybridized carbons (Fsp3) is 0.750. The largest absolute Gasteiger partial charge is 0.377 e. The molecule has 1 aromatic heterocycles. The van der Waals surface area contributed by atoms with E-state index in [1.54, 1.807) is 7.05 Å². The normalized spacial score (nSPS) is 26.4. The smallest absolute Gasteiger partial charge is 0.233 e. The predicted octanol–water partition coefficient (Wildman–Crippen LogP) is -0.931. The lowest BCUT2D eigenvalue weighted by atomic mass is 10.0. The van der Waals surface area contributed by atoms with Crippen LogP contribution in [0.5, 0.6) is 0 Å². The molecule has 1 atom stereocenters. The molecule has 2 saturated heterocycles. The summed E-state index contributed by atoms with van der Waals surface area (Å²) in [6, 6.07) is 2.05. The predicted molar refractivity (Wildman–Crippen MR) is 88.5 cm³/mol. The Labute approximate surface area is 142 Å². The summed E-state index contributed by atoms with van der Waals surface area (Å²) in [4.78, 5) is 16.2. The number of ether oxygens (including phenoxy) is 2. The Bertz CT molecular complexity index is 564. The SMILES string of the molecule is CNC(=O)CN1CCOCC2(C1)CN(Cc1ccn(C)n1)CCO2. The van der Waals surface area contributed by atoms with E-state index < -0.39 is 0 Å². The van der Waals surface area contributed by atoms with E-state index in [2.05, 4.69) is 20.2 Å². The summed E-state index contributed by atoms with van der Waals surface area (Å²) in [7, 11) is 3.60. The van der Waals surface area contributed by atoms with Gasteiger partial charge in [-0.2, -0.15) is 5.10 Å². The van der Waals surface area contributed by atoms with Crippen molar-refractivity contribution in [1.29, 1.82) is 0 Å². The quantitative estimate of drug-likeness (QED) is 0.765. The molecule has 3 heterocycles. The first kappa shape index (κ1) is 17.3. The van der Waals surface area contributed by atoms with Crippen molar-refractivity contribution >= 4 is 5.91 Å². The van der Waals surface area contributed by atoms with Crippen molar-refractivity contribution in [2.24, 2.45) is 7.05 Å². The molecule has 2 aliphatic rings. The summed E-state index contributed by atoms with van der Waals surface area (Å²) in [6.45, 7) is 6.18. The van der Waals surface area contributed by atoms with Crippen molar-refractivity contribution in [3.8, 4) is 0 Å². The van der Waals surface area contributed by atoms with E-state index in [0.29, 0.717) is 32.9 Å². The van der Waals surface area contributed by atoms with Crippen LogP contribution >= 0.6 is 0 Å². The molecule has 1 spiro atoms. The van der Waals surface area contributed by atoms with E-state index in [-0.39, 0.29) is 11.5 Å². The highest BCUT2D eigenvalue weighted by Gasteiger charge is 2.40. The Morgan fingerprint density at radius 1 is 1.33 bits per heavy atom. The Kier molecular flexibility index (Phi) is 5.50. The standard InChI is InChI=1S/C16H27N5O3/c1-17-15(22)10-21-5-7-23-13-16(12-21)11-20(6-8-24-16)9-14-3-4-19(2)18-14/h3-4H,5-13H2,1-2H3,(H,17,22). The maximum Gasteiger partial charge on any atom is 0.233 e. The number of nitrogens with one attached hydrogen (secondary N) is 1. The Morgan fingerprint density at radius 2 is 2.12 bits per heavy atom. The van der Waals surface area contributed by atoms with Crippen LogP contribution in [-0.4, -0.2) is 90.7 Å². The zero-order chi connectivity index (χ0) is 17.0. The number of morpholine rings is 1. The van der Waals surface area contributed by atoms with Crippen LogP contribution < -0.4 is 5.32 Å². The number of nitrogens with zero attached hydrogens (tertiary/aromatic N) is 4. The van der Waals surface area contributed by atoms with Crippen molar-refractivity contribution in [3.05, 3.63) is 18.0 Å². The van der Waals surface area contributed by atoms with Crippen LogP contribution in [0, 0.1) is 0 Å². The number of carbonyl (C=O) groups excluding carboxylic acids is 1. The number of rotatable bonds is 4. The third kappa shape index (κ3) is 4.32. The Balaban J connectivity index is 1.64. The minimum atomic E-state index is -0.377. The molecule has 24 heavy (non-hydrogen) atoms. The number of amides is 1. The van der Waals surface area contributed by atoms with Gasteiger partial charge in [0.05, 0.1) is 32.1 Å². The zero-order valence-corrected chi connectivity index (χ0v) is 14.5. The second kappa shape index (κ2) is 7.60. The number of hydrogen-bond donors (Lipinski definition) is 1. The molecular formula is C16H27N5O3. The Morgan fingerprint density at radius 3 is 2.88 bits per heavy atom. The molecule has 0 saturated carbocycles. The van der Waals surface area contributed by atoms with Gasteiger partial charge in [-0.1, -0.05) is 0 Å². The molecule has 1 amide bonds. The average molecular weight is 337 g/mol. The summed E-state index contributed by atoms with van der Waals surface area (Å²) < 4.78 is 13.8. The van der Waals surface area contributed by atoms with Gasteiger partial charge in [-0.15, -0.1) is 0 Å². The maximum atomic E-state index is 11.7. The fourth-order valence-electron chi connectivity index (χ4n) is 3.42. The van der Waals surface area contributed by atoms with Crippen molar-refractivity contribution in [1.82, 2.24) is 24.9 Å². The van der Waals surface area contributed by atoms with Crippen molar-refractivity contribution in [2.45, 2.75) is 12.1 Å². The lowest BCUT2D eigenvalue weighted by Gasteiger charge is -2.43. The van der Waals surface area contributed by atoms with Crippen molar-refractivity contribution in [3.63, 3.8) is 0 Å². The van der Waals surface area contributed by atoms with Gasteiger partial charge < -0.3 is 14.8 Å². The van der Waals surface area contributed by atoms with Gasteiger partial charge in [0.1, 0.15) is 5.60 Å². The van der Waals surface area contributed by atoms with Gasteiger partial charge in [0.2, 0.25) is 5.91 Å². The summed E-state index contributed by atoms with van der Waals surface area (Å²) in [5, 5.41) is 7.15. The highest BCUT2D eigenvalue weighted by atomic mass is 16.5. The molecule has 1 unspecified atom stereocenters. The third-order valence-electron chi connectivity index (χ3n) is 4.56. The molecule has 0 bridgehead atoms. The molecule has 0 aliphatic carbocycles. The second-order valence-electron chi connectivity index (χ2n) is 6.66. The molecule has 134 valence electrons. The number of likely N-dealkylation sites (N-methyl/N-ethyl adjacent to an activating group) is 1. The summed E-state index contributed by atoms with van der Waals surface area (Å²) in [5.74, 6) is 0.0215. The van der Waals surface area contributed by atoms with Gasteiger partial charge in [-0.05, 0) is 6.07 Å². The van der Waals surface area contributed by atoms with Gasteiger partial charge in [0.15, 0.2) is 0 Å². The van der Waals surface area contributed by atoms with Crippen LogP contribution in [-0.2, 0) is 27.9 Å². The first-order valence-corrected chi connectivity index (χ1v) is 8.44. The first-order chi connectivity index (χ1) is 11.6. The van der Waals surface area contributed by atoms with Crippen LogP contribution in [0.3, 0.4) is 0 Å². The minimum Gasteiger partial charge on any atom is -0.377 e. The molecular weight excluding hydrogens is 310 g/mol. The zero-order valence-electron chi connectivity index (χ0n) is 14.5. The highest BCUT2D eigenvalue weighted by Crippen LogP contribution is 2.23. The number of aromatic nitrogens is 2. The van der Waals surface area contributed by atoms with E-state index in [1.807, 2.05) is 24.0 Å². The average Bonchev–Trinajstić information content (AvgIpc) is 2.86. The molecule has 2 aliphatic heterocycles. The maximum absolute atomic E-state index is 11.7. The van der Waals surface area contributed by atoms with Gasteiger partial charge in [0.25, 0.3) is 0 Å². The molecule has 8 heteroatoms. The van der Waals surface area contributed by atoms with Gasteiger partial charge in [-0.3, -0.25) is 19.3 Å². The number of carbonyl (C=O) groups is 1. The van der Waals surface area contributed by atoms with Crippen LogP contribution in [0.15, 0.2) is 12.3 Å². The molecule has 0 radical (unpaired) electrons.